The molecule has 7 nitrogen and oxygen atoms in total. The Kier molecular flexibility index (Phi) is 7.30. The molecule has 2 aromatic heterocycles. The Morgan fingerprint density at radius 3 is 2.79 bits per heavy atom. The monoisotopic (exact) mass is 400 g/mol. The molecule has 3 rings (SSSR count). The summed E-state index contributed by atoms with van der Waals surface area (Å²) in [6.45, 7) is 3.66. The van der Waals surface area contributed by atoms with E-state index in [0.29, 0.717) is 31.5 Å². The summed E-state index contributed by atoms with van der Waals surface area (Å²) in [4.78, 5) is 15.4. The van der Waals surface area contributed by atoms with Crippen molar-refractivity contribution in [3.8, 4) is 10.8 Å². The van der Waals surface area contributed by atoms with Crippen molar-refractivity contribution in [2.24, 2.45) is 0 Å². The van der Waals surface area contributed by atoms with Gasteiger partial charge in [-0.3, -0.25) is 9.69 Å². The summed E-state index contributed by atoms with van der Waals surface area (Å²) in [6, 6.07) is 13.7. The summed E-state index contributed by atoms with van der Waals surface area (Å²) in [5.41, 5.74) is 1.07. The molecule has 1 amide bonds. The van der Waals surface area contributed by atoms with Gasteiger partial charge in [-0.05, 0) is 23.9 Å². The standard InChI is InChI=1S/C20H24N4O3S/c1-15(16-7-4-3-5-8-16)21-18(25)13-24(10-11-26-2)14-19-22-23-20(27-19)17-9-6-12-28-17/h3-9,12,15H,10-11,13-14H2,1-2H3,(H,21,25)/t15-/m0/s1. The van der Waals surface area contributed by atoms with E-state index in [0.717, 1.165) is 10.4 Å². The van der Waals surface area contributed by atoms with Gasteiger partial charge >= 0.3 is 0 Å². The fraction of sp³-hybridized carbons (Fsp3) is 0.350. The maximum Gasteiger partial charge on any atom is 0.257 e. The van der Waals surface area contributed by atoms with Crippen LogP contribution in [-0.4, -0.2) is 47.8 Å². The number of benzene rings is 1. The number of aromatic nitrogens is 2. The van der Waals surface area contributed by atoms with Crippen LogP contribution in [0.1, 0.15) is 24.4 Å². The number of carbonyl (C=O) groups excluding carboxylic acids is 1. The number of rotatable bonds is 10. The third-order valence-electron chi connectivity index (χ3n) is 4.21. The first kappa shape index (κ1) is 20.2. The SMILES string of the molecule is COCCN(CC(=O)N[C@@H](C)c1ccccc1)Cc1nnc(-c2cccs2)o1. The number of thiophene rings is 1. The predicted octanol–water partition coefficient (Wildman–Crippen LogP) is 3.12. The van der Waals surface area contributed by atoms with Crippen LogP contribution >= 0.6 is 11.3 Å². The van der Waals surface area contributed by atoms with Gasteiger partial charge < -0.3 is 14.5 Å². The molecule has 3 aromatic rings. The molecule has 1 aromatic carbocycles. The van der Waals surface area contributed by atoms with Crippen molar-refractivity contribution in [2.75, 3.05) is 26.8 Å². The molecule has 8 heteroatoms. The van der Waals surface area contributed by atoms with E-state index >= 15 is 0 Å². The van der Waals surface area contributed by atoms with Crippen molar-refractivity contribution in [3.05, 3.63) is 59.3 Å². The summed E-state index contributed by atoms with van der Waals surface area (Å²) in [7, 11) is 1.64. The normalized spacial score (nSPS) is 12.2. The number of amides is 1. The van der Waals surface area contributed by atoms with Crippen LogP contribution in [-0.2, 0) is 16.1 Å². The maximum absolute atomic E-state index is 12.5. The van der Waals surface area contributed by atoms with Crippen molar-refractivity contribution < 1.29 is 13.9 Å². The molecule has 0 radical (unpaired) electrons. The van der Waals surface area contributed by atoms with Crippen molar-refractivity contribution in [3.63, 3.8) is 0 Å². The van der Waals surface area contributed by atoms with Gasteiger partial charge in [0.15, 0.2) is 0 Å². The number of hydrogen-bond acceptors (Lipinski definition) is 7. The molecule has 0 saturated carbocycles. The molecular weight excluding hydrogens is 376 g/mol. The smallest absolute Gasteiger partial charge is 0.257 e. The molecule has 1 N–H and O–H groups in total. The van der Waals surface area contributed by atoms with Gasteiger partial charge in [-0.15, -0.1) is 21.5 Å². The number of nitrogens with zero attached hydrogens (tertiary/aromatic N) is 3. The Hall–Kier alpha value is -2.55. The summed E-state index contributed by atoms with van der Waals surface area (Å²) in [6.07, 6.45) is 0. The molecule has 1 atom stereocenters. The van der Waals surface area contributed by atoms with Gasteiger partial charge in [0.1, 0.15) is 0 Å². The second-order valence-electron chi connectivity index (χ2n) is 6.38. The van der Waals surface area contributed by atoms with Crippen LogP contribution in [0, 0.1) is 0 Å². The Balaban J connectivity index is 1.59. The lowest BCUT2D eigenvalue weighted by molar-refractivity contribution is -0.123. The number of hydrogen-bond donors (Lipinski definition) is 1. The summed E-state index contributed by atoms with van der Waals surface area (Å²) in [5.74, 6) is 0.910. The van der Waals surface area contributed by atoms with Crippen molar-refractivity contribution >= 4 is 17.2 Å². The van der Waals surface area contributed by atoms with E-state index in [-0.39, 0.29) is 18.5 Å². The van der Waals surface area contributed by atoms with Crippen LogP contribution < -0.4 is 5.32 Å². The average Bonchev–Trinajstić information content (AvgIpc) is 3.38. The van der Waals surface area contributed by atoms with Crippen LogP contribution in [0.3, 0.4) is 0 Å². The molecule has 148 valence electrons. The maximum atomic E-state index is 12.5. The minimum Gasteiger partial charge on any atom is -0.419 e. The highest BCUT2D eigenvalue weighted by Gasteiger charge is 2.17. The fourth-order valence-corrected chi connectivity index (χ4v) is 3.40. The highest BCUT2D eigenvalue weighted by Crippen LogP contribution is 2.23. The zero-order chi connectivity index (χ0) is 19.8. The minimum atomic E-state index is -0.0644. The molecule has 0 saturated heterocycles. The quantitative estimate of drug-likeness (QED) is 0.563. The Bertz CT molecular complexity index is 851. The second kappa shape index (κ2) is 10.1. The van der Waals surface area contributed by atoms with Gasteiger partial charge in [0.25, 0.3) is 5.89 Å². The molecule has 2 heterocycles. The largest absolute Gasteiger partial charge is 0.419 e. The first-order chi connectivity index (χ1) is 13.7. The van der Waals surface area contributed by atoms with Gasteiger partial charge in [0.2, 0.25) is 11.8 Å². The van der Waals surface area contributed by atoms with Crippen LogP contribution in [0.2, 0.25) is 0 Å². The van der Waals surface area contributed by atoms with Crippen LogP contribution in [0.5, 0.6) is 0 Å². The Labute approximate surface area is 168 Å². The second-order valence-corrected chi connectivity index (χ2v) is 7.33. The molecule has 0 aliphatic heterocycles. The first-order valence-corrected chi connectivity index (χ1v) is 9.95. The summed E-state index contributed by atoms with van der Waals surface area (Å²) >= 11 is 1.54. The van der Waals surface area contributed by atoms with Crippen molar-refractivity contribution in [2.45, 2.75) is 19.5 Å². The zero-order valence-electron chi connectivity index (χ0n) is 16.0. The molecular formula is C20H24N4O3S. The molecule has 0 aliphatic carbocycles. The minimum absolute atomic E-state index is 0.0631. The molecule has 28 heavy (non-hydrogen) atoms. The highest BCUT2D eigenvalue weighted by atomic mass is 32.1. The highest BCUT2D eigenvalue weighted by molar-refractivity contribution is 7.13. The predicted molar refractivity (Wildman–Crippen MR) is 108 cm³/mol. The van der Waals surface area contributed by atoms with Crippen molar-refractivity contribution in [1.29, 1.82) is 0 Å². The van der Waals surface area contributed by atoms with Crippen LogP contribution in [0.25, 0.3) is 10.8 Å². The summed E-state index contributed by atoms with van der Waals surface area (Å²) < 4.78 is 10.9. The van der Waals surface area contributed by atoms with E-state index in [9.17, 15) is 4.79 Å². The molecule has 0 fully saturated rings. The first-order valence-electron chi connectivity index (χ1n) is 9.07. The lowest BCUT2D eigenvalue weighted by atomic mass is 10.1. The van der Waals surface area contributed by atoms with Crippen LogP contribution in [0.4, 0.5) is 0 Å². The van der Waals surface area contributed by atoms with E-state index in [1.54, 1.807) is 18.4 Å². The molecule has 0 spiro atoms. The molecule has 0 bridgehead atoms. The number of carbonyl (C=O) groups is 1. The van der Waals surface area contributed by atoms with Gasteiger partial charge in [0.05, 0.1) is 30.6 Å². The zero-order valence-corrected chi connectivity index (χ0v) is 16.8. The lowest BCUT2D eigenvalue weighted by Gasteiger charge is -2.21. The topological polar surface area (TPSA) is 80.5 Å². The van der Waals surface area contributed by atoms with Gasteiger partial charge in [-0.1, -0.05) is 36.4 Å². The van der Waals surface area contributed by atoms with Gasteiger partial charge in [-0.2, -0.15) is 0 Å². The van der Waals surface area contributed by atoms with E-state index in [1.165, 1.54) is 0 Å². The lowest BCUT2D eigenvalue weighted by Crippen LogP contribution is -2.39. The number of nitrogens with one attached hydrogen (secondary N) is 1. The molecule has 0 unspecified atom stereocenters. The average molecular weight is 401 g/mol. The van der Waals surface area contributed by atoms with Gasteiger partial charge in [0, 0.05) is 13.7 Å². The molecule has 0 aliphatic rings. The third kappa shape index (κ3) is 5.72. The third-order valence-corrected chi connectivity index (χ3v) is 5.07. The Morgan fingerprint density at radius 1 is 1.25 bits per heavy atom. The number of ether oxygens (including phenoxy) is 1. The van der Waals surface area contributed by atoms with Gasteiger partial charge in [-0.25, -0.2) is 0 Å². The van der Waals surface area contributed by atoms with Crippen molar-refractivity contribution in [1.82, 2.24) is 20.4 Å². The van der Waals surface area contributed by atoms with Crippen LogP contribution in [0.15, 0.2) is 52.3 Å². The van der Waals surface area contributed by atoms with E-state index in [2.05, 4.69) is 15.5 Å². The summed E-state index contributed by atoms with van der Waals surface area (Å²) in [5, 5.41) is 13.2. The number of methoxy groups -OCH3 is 1. The van der Waals surface area contributed by atoms with E-state index < -0.39 is 0 Å². The van der Waals surface area contributed by atoms with E-state index in [4.69, 9.17) is 9.15 Å². The fourth-order valence-electron chi connectivity index (χ4n) is 2.76. The Morgan fingerprint density at radius 2 is 2.07 bits per heavy atom. The van der Waals surface area contributed by atoms with E-state index in [1.807, 2.05) is 59.7 Å².